The highest BCUT2D eigenvalue weighted by molar-refractivity contribution is 7.98. The maximum Gasteiger partial charge on any atom is 0.213 e. The van der Waals surface area contributed by atoms with Gasteiger partial charge in [-0.1, -0.05) is 60.7 Å². The fourth-order valence-corrected chi connectivity index (χ4v) is 5.75. The van der Waals surface area contributed by atoms with Gasteiger partial charge in [-0.3, -0.25) is 0 Å². The van der Waals surface area contributed by atoms with Crippen LogP contribution in [0.1, 0.15) is 70.2 Å². The number of fused-ring (bicyclic) bond motifs is 1. The molecule has 0 aliphatic heterocycles. The molecule has 2 atom stereocenters. The first-order valence-electron chi connectivity index (χ1n) is 12.6. The molecule has 0 saturated heterocycles. The monoisotopic (exact) mass is 469 g/mol. The minimum Gasteiger partial charge on any atom is -0.478 e. The van der Waals surface area contributed by atoms with E-state index in [2.05, 4.69) is 68.3 Å². The number of aryl methyl sites for hydroxylation is 1. The number of benzene rings is 2. The first-order valence-corrected chi connectivity index (χ1v) is 14.0. The van der Waals surface area contributed by atoms with E-state index in [1.54, 1.807) is 11.1 Å². The van der Waals surface area contributed by atoms with Gasteiger partial charge in [0.1, 0.15) is 0 Å². The van der Waals surface area contributed by atoms with Gasteiger partial charge in [0.15, 0.2) is 0 Å². The van der Waals surface area contributed by atoms with Crippen LogP contribution in [0, 0.1) is 6.92 Å². The maximum atomic E-state index is 5.84. The van der Waals surface area contributed by atoms with Crippen molar-refractivity contribution >= 4 is 11.8 Å². The molecule has 176 valence electrons. The first-order chi connectivity index (χ1) is 16.6. The lowest BCUT2D eigenvalue weighted by Crippen LogP contribution is -2.04. The summed E-state index contributed by atoms with van der Waals surface area (Å²) in [5.41, 5.74) is 11.2. The molecule has 1 aromatic heterocycles. The quantitative estimate of drug-likeness (QED) is 0.228. The summed E-state index contributed by atoms with van der Waals surface area (Å²) in [6, 6.07) is 20.5. The number of nitrogens with zero attached hydrogens (tertiary/aromatic N) is 1. The summed E-state index contributed by atoms with van der Waals surface area (Å²) in [6.45, 7) is 6.95. The second-order valence-corrected chi connectivity index (χ2v) is 10.8. The number of hydrogen-bond donors (Lipinski definition) is 0. The van der Waals surface area contributed by atoms with Crippen molar-refractivity contribution in [2.45, 2.75) is 57.3 Å². The van der Waals surface area contributed by atoms with Crippen LogP contribution in [0.3, 0.4) is 0 Å². The molecule has 2 nitrogen and oxygen atoms in total. The SMILES string of the molecule is C=C1CC1c1ccc(CC2CCc3c(Cc4ccc(OCCCSC)nc4C)cccc32)cc1. The third-order valence-electron chi connectivity index (χ3n) is 7.45. The highest BCUT2D eigenvalue weighted by Gasteiger charge is 2.29. The molecule has 0 N–H and O–H groups in total. The fraction of sp³-hybridized carbons (Fsp3) is 0.387. The lowest BCUT2D eigenvalue weighted by Gasteiger charge is -2.15. The van der Waals surface area contributed by atoms with Crippen LogP contribution >= 0.6 is 11.8 Å². The summed E-state index contributed by atoms with van der Waals surface area (Å²) < 4.78 is 5.84. The number of thioether (sulfide) groups is 1. The summed E-state index contributed by atoms with van der Waals surface area (Å²) in [5.74, 6) is 3.10. The van der Waals surface area contributed by atoms with Gasteiger partial charge in [-0.15, -0.1) is 0 Å². The van der Waals surface area contributed by atoms with Gasteiger partial charge >= 0.3 is 0 Å². The smallest absolute Gasteiger partial charge is 0.213 e. The fourth-order valence-electron chi connectivity index (χ4n) is 5.34. The van der Waals surface area contributed by atoms with Crippen molar-refractivity contribution in [3.63, 3.8) is 0 Å². The Kier molecular flexibility index (Phi) is 7.10. The standard InChI is InChI=1S/C31H35NOS/c1-21-18-30(21)24-10-8-23(9-11-24)19-27-12-14-29-26(6-4-7-28(27)29)20-25-13-15-31(32-22(25)2)33-16-5-17-34-3/h4,6-11,13,15,27,30H,1,5,12,14,16-20H2,2-3H3. The van der Waals surface area contributed by atoms with Gasteiger partial charge in [0, 0.05) is 17.7 Å². The Bertz CT molecular complexity index is 1170. The molecule has 1 fully saturated rings. The molecule has 2 aliphatic rings. The Labute approximate surface area is 208 Å². The molecular weight excluding hydrogens is 434 g/mol. The van der Waals surface area contributed by atoms with Gasteiger partial charge in [-0.2, -0.15) is 11.8 Å². The summed E-state index contributed by atoms with van der Waals surface area (Å²) in [6.07, 6.45) is 8.85. The zero-order chi connectivity index (χ0) is 23.5. The number of rotatable bonds is 10. The Morgan fingerprint density at radius 1 is 1.06 bits per heavy atom. The van der Waals surface area contributed by atoms with Crippen LogP contribution in [0.25, 0.3) is 0 Å². The summed E-state index contributed by atoms with van der Waals surface area (Å²) in [5, 5.41) is 0. The molecule has 1 saturated carbocycles. The van der Waals surface area contributed by atoms with Gasteiger partial charge < -0.3 is 4.74 Å². The molecule has 2 aliphatic carbocycles. The molecule has 34 heavy (non-hydrogen) atoms. The van der Waals surface area contributed by atoms with Gasteiger partial charge in [0.05, 0.1) is 6.61 Å². The van der Waals surface area contributed by atoms with Crippen molar-refractivity contribution in [3.8, 4) is 5.88 Å². The van der Waals surface area contributed by atoms with Crippen LogP contribution in [0.5, 0.6) is 5.88 Å². The summed E-state index contributed by atoms with van der Waals surface area (Å²) >= 11 is 1.85. The first kappa shape index (κ1) is 23.2. The van der Waals surface area contributed by atoms with Crippen molar-refractivity contribution in [1.82, 2.24) is 4.98 Å². The number of hydrogen-bond acceptors (Lipinski definition) is 3. The molecule has 0 radical (unpaired) electrons. The Morgan fingerprint density at radius 3 is 2.62 bits per heavy atom. The van der Waals surface area contributed by atoms with Crippen molar-refractivity contribution in [2.75, 3.05) is 18.6 Å². The van der Waals surface area contributed by atoms with E-state index >= 15 is 0 Å². The molecule has 1 heterocycles. The molecule has 2 unspecified atom stereocenters. The molecule has 0 amide bonds. The van der Waals surface area contributed by atoms with E-state index in [-0.39, 0.29) is 0 Å². The normalized spacial score (nSPS) is 18.7. The maximum absolute atomic E-state index is 5.84. The minimum absolute atomic E-state index is 0.613. The van der Waals surface area contributed by atoms with Crippen LogP contribution in [0.4, 0.5) is 0 Å². The zero-order valence-corrected chi connectivity index (χ0v) is 21.3. The Morgan fingerprint density at radius 2 is 1.88 bits per heavy atom. The highest BCUT2D eigenvalue weighted by atomic mass is 32.2. The molecular formula is C31H35NOS. The summed E-state index contributed by atoms with van der Waals surface area (Å²) in [4.78, 5) is 4.73. The van der Waals surface area contributed by atoms with Crippen LogP contribution in [0.15, 0.2) is 66.7 Å². The predicted octanol–water partition coefficient (Wildman–Crippen LogP) is 7.43. The zero-order valence-electron chi connectivity index (χ0n) is 20.5. The van der Waals surface area contributed by atoms with Gasteiger partial charge in [-0.05, 0) is 96.8 Å². The van der Waals surface area contributed by atoms with E-state index in [0.29, 0.717) is 11.8 Å². The molecule has 3 aromatic rings. The minimum atomic E-state index is 0.613. The van der Waals surface area contributed by atoms with Crippen molar-refractivity contribution < 1.29 is 4.74 Å². The second kappa shape index (κ2) is 10.4. The predicted molar refractivity (Wildman–Crippen MR) is 144 cm³/mol. The molecule has 2 aromatic carbocycles. The summed E-state index contributed by atoms with van der Waals surface area (Å²) in [7, 11) is 0. The topological polar surface area (TPSA) is 22.1 Å². The number of aromatic nitrogens is 1. The van der Waals surface area contributed by atoms with E-state index in [1.165, 1.54) is 47.1 Å². The van der Waals surface area contributed by atoms with Gasteiger partial charge in [-0.25, -0.2) is 4.98 Å². The third kappa shape index (κ3) is 5.25. The average molecular weight is 470 g/mol. The van der Waals surface area contributed by atoms with E-state index in [9.17, 15) is 0 Å². The third-order valence-corrected chi connectivity index (χ3v) is 8.15. The molecule has 3 heteroatoms. The number of pyridine rings is 1. The highest BCUT2D eigenvalue weighted by Crippen LogP contribution is 2.45. The van der Waals surface area contributed by atoms with E-state index in [0.717, 1.165) is 43.2 Å². The number of ether oxygens (including phenoxy) is 1. The molecule has 0 spiro atoms. The van der Waals surface area contributed by atoms with Gasteiger partial charge in [0.2, 0.25) is 5.88 Å². The van der Waals surface area contributed by atoms with Crippen LogP contribution in [0.2, 0.25) is 0 Å². The van der Waals surface area contributed by atoms with Crippen LogP contribution < -0.4 is 4.74 Å². The number of allylic oxidation sites excluding steroid dienone is 1. The largest absolute Gasteiger partial charge is 0.478 e. The lowest BCUT2D eigenvalue weighted by molar-refractivity contribution is 0.306. The van der Waals surface area contributed by atoms with Crippen LogP contribution in [-0.4, -0.2) is 23.6 Å². The van der Waals surface area contributed by atoms with Crippen LogP contribution in [-0.2, 0) is 19.3 Å². The average Bonchev–Trinajstić information content (AvgIpc) is 3.44. The Balaban J connectivity index is 1.25. The van der Waals surface area contributed by atoms with Gasteiger partial charge in [0.25, 0.3) is 0 Å². The molecule has 5 rings (SSSR count). The van der Waals surface area contributed by atoms with Crippen molar-refractivity contribution in [3.05, 3.63) is 106 Å². The van der Waals surface area contributed by atoms with E-state index in [1.807, 2.05) is 17.8 Å². The van der Waals surface area contributed by atoms with Crippen molar-refractivity contribution in [2.24, 2.45) is 0 Å². The molecule has 0 bridgehead atoms. The van der Waals surface area contributed by atoms with E-state index in [4.69, 9.17) is 9.72 Å². The lowest BCUT2D eigenvalue weighted by atomic mass is 9.91. The van der Waals surface area contributed by atoms with Crippen molar-refractivity contribution in [1.29, 1.82) is 0 Å². The Hall–Kier alpha value is -2.52. The van der Waals surface area contributed by atoms with E-state index < -0.39 is 0 Å². The second-order valence-electron chi connectivity index (χ2n) is 9.85.